The molecule has 0 aromatic rings. The first kappa shape index (κ1) is 7.28. The molecule has 0 bridgehead atoms. The first-order chi connectivity index (χ1) is 4.39. The van der Waals surface area contributed by atoms with Gasteiger partial charge in [0.15, 0.2) is 0 Å². The van der Waals surface area contributed by atoms with Gasteiger partial charge in [0.25, 0.3) is 0 Å². The zero-order chi connectivity index (χ0) is 6.53. The second kappa shape index (κ2) is 4.06. The lowest BCUT2D eigenvalue weighted by Crippen LogP contribution is -1.97. The van der Waals surface area contributed by atoms with Gasteiger partial charge in [0.1, 0.15) is 0 Å². The smallest absolute Gasteiger partial charge is 0.0279 e. The molecule has 1 heteroatoms. The Morgan fingerprint density at radius 1 is 0.778 bits per heavy atom. The van der Waals surface area contributed by atoms with Crippen LogP contribution in [0.2, 0.25) is 0 Å². The van der Waals surface area contributed by atoms with Gasteiger partial charge in [-0.2, -0.15) is 0 Å². The van der Waals surface area contributed by atoms with E-state index >= 15 is 0 Å². The van der Waals surface area contributed by atoms with Crippen LogP contribution in [-0.2, 0) is 0 Å². The monoisotopic (exact) mass is 142 g/mol. The van der Waals surface area contributed by atoms with Crippen molar-refractivity contribution in [1.82, 2.24) is 0 Å². The van der Waals surface area contributed by atoms with Crippen molar-refractivity contribution in [1.29, 1.82) is 0 Å². The zero-order valence-electron chi connectivity index (χ0n) is 5.95. The normalized spacial score (nSPS) is 22.9. The standard InChI is InChI=1S/C8H15P/c9-8-6-4-2-1-3-5-7-8/h9H,1-7H2. The van der Waals surface area contributed by atoms with Crippen molar-refractivity contribution in [3.8, 4) is 0 Å². The molecule has 1 aliphatic rings. The van der Waals surface area contributed by atoms with Crippen LogP contribution >= 0.6 is 8.86 Å². The molecule has 0 aromatic heterocycles. The Hall–Kier alpha value is 0.170. The number of rotatable bonds is 0. The van der Waals surface area contributed by atoms with Gasteiger partial charge >= 0.3 is 0 Å². The first-order valence-electron chi connectivity index (χ1n) is 3.96. The minimum atomic E-state index is 1.32. The molecule has 0 heterocycles. The Morgan fingerprint density at radius 3 is 1.78 bits per heavy atom. The summed E-state index contributed by atoms with van der Waals surface area (Å²) in [6.45, 7) is 0. The second-order valence-corrected chi connectivity index (χ2v) is 3.58. The molecule has 1 rings (SSSR count). The number of hydrogen-bond acceptors (Lipinski definition) is 0. The van der Waals surface area contributed by atoms with Gasteiger partial charge < -0.3 is 0 Å². The maximum Gasteiger partial charge on any atom is -0.0279 e. The highest BCUT2D eigenvalue weighted by Crippen LogP contribution is 2.15. The molecule has 1 fully saturated rings. The SMILES string of the molecule is P=C1CCCCCCC1. The second-order valence-electron chi connectivity index (χ2n) is 2.87. The zero-order valence-corrected chi connectivity index (χ0v) is 6.95. The molecule has 0 aromatic carbocycles. The quantitative estimate of drug-likeness (QED) is 0.456. The van der Waals surface area contributed by atoms with E-state index in [0.717, 1.165) is 0 Å². The third-order valence-corrected chi connectivity index (χ3v) is 2.46. The molecule has 0 saturated heterocycles. The van der Waals surface area contributed by atoms with E-state index in [1.807, 2.05) is 0 Å². The maximum absolute atomic E-state index is 3.64. The molecule has 0 nitrogen and oxygen atoms in total. The summed E-state index contributed by atoms with van der Waals surface area (Å²) >= 11 is 0. The topological polar surface area (TPSA) is 0 Å². The van der Waals surface area contributed by atoms with Gasteiger partial charge in [-0.25, -0.2) is 0 Å². The van der Waals surface area contributed by atoms with Crippen molar-refractivity contribution in [3.05, 3.63) is 0 Å². The van der Waals surface area contributed by atoms with E-state index in [9.17, 15) is 0 Å². The molecular formula is C8H15P. The highest BCUT2D eigenvalue weighted by molar-refractivity contribution is 7.21. The van der Waals surface area contributed by atoms with E-state index in [1.54, 1.807) is 0 Å². The van der Waals surface area contributed by atoms with Crippen molar-refractivity contribution >= 4 is 14.2 Å². The van der Waals surface area contributed by atoms with Crippen molar-refractivity contribution in [2.75, 3.05) is 0 Å². The van der Waals surface area contributed by atoms with Crippen molar-refractivity contribution in [2.45, 2.75) is 44.9 Å². The molecule has 9 heavy (non-hydrogen) atoms. The van der Waals surface area contributed by atoms with E-state index in [0.29, 0.717) is 0 Å². The predicted molar refractivity (Wildman–Crippen MR) is 45.6 cm³/mol. The van der Waals surface area contributed by atoms with Crippen molar-refractivity contribution in [3.63, 3.8) is 0 Å². The van der Waals surface area contributed by atoms with Gasteiger partial charge in [-0.15, -0.1) is 8.86 Å². The van der Waals surface area contributed by atoms with Gasteiger partial charge in [-0.05, 0) is 25.7 Å². The Bertz CT molecular complexity index is 86.7. The minimum Gasteiger partial charge on any atom is -0.123 e. The summed E-state index contributed by atoms with van der Waals surface area (Å²) in [7, 11) is 3.64. The average Bonchev–Trinajstić information content (AvgIpc) is 1.79. The van der Waals surface area contributed by atoms with Crippen molar-refractivity contribution < 1.29 is 0 Å². The summed E-state index contributed by atoms with van der Waals surface area (Å²) in [5.74, 6) is 0. The molecule has 0 radical (unpaired) electrons. The van der Waals surface area contributed by atoms with E-state index in [4.69, 9.17) is 0 Å². The summed E-state index contributed by atoms with van der Waals surface area (Å²) in [6, 6.07) is 0. The van der Waals surface area contributed by atoms with Gasteiger partial charge in [0.05, 0.1) is 0 Å². The largest absolute Gasteiger partial charge is 0.123 e. The Morgan fingerprint density at radius 2 is 1.22 bits per heavy atom. The van der Waals surface area contributed by atoms with Crippen LogP contribution < -0.4 is 0 Å². The van der Waals surface area contributed by atoms with Crippen LogP contribution in [0.3, 0.4) is 0 Å². The lowest BCUT2D eigenvalue weighted by atomic mass is 10.0. The fourth-order valence-corrected chi connectivity index (χ4v) is 1.69. The summed E-state index contributed by atoms with van der Waals surface area (Å²) in [4.78, 5) is 0. The first-order valence-corrected chi connectivity index (χ1v) is 4.46. The lowest BCUT2D eigenvalue weighted by Gasteiger charge is -2.08. The molecule has 0 aliphatic heterocycles. The van der Waals surface area contributed by atoms with E-state index in [1.165, 1.54) is 50.2 Å². The van der Waals surface area contributed by atoms with Crippen molar-refractivity contribution in [2.24, 2.45) is 0 Å². The Labute approximate surface area is 59.9 Å². The Balaban J connectivity index is 2.20. The van der Waals surface area contributed by atoms with Crippen LogP contribution in [0, 0.1) is 0 Å². The third kappa shape index (κ3) is 3.01. The minimum absolute atomic E-state index is 1.32. The molecular weight excluding hydrogens is 127 g/mol. The molecule has 0 N–H and O–H groups in total. The molecule has 1 aliphatic carbocycles. The van der Waals surface area contributed by atoms with Crippen LogP contribution in [0.15, 0.2) is 0 Å². The fourth-order valence-electron chi connectivity index (χ4n) is 1.33. The molecule has 1 saturated carbocycles. The van der Waals surface area contributed by atoms with Gasteiger partial charge in [-0.1, -0.05) is 24.6 Å². The molecule has 0 unspecified atom stereocenters. The third-order valence-electron chi connectivity index (χ3n) is 1.96. The van der Waals surface area contributed by atoms with E-state index in [-0.39, 0.29) is 0 Å². The highest BCUT2D eigenvalue weighted by atomic mass is 31.0. The van der Waals surface area contributed by atoms with Gasteiger partial charge in [0, 0.05) is 0 Å². The van der Waals surface area contributed by atoms with Crippen LogP contribution in [0.5, 0.6) is 0 Å². The highest BCUT2D eigenvalue weighted by Gasteiger charge is 2.00. The molecule has 52 valence electrons. The maximum atomic E-state index is 3.64. The number of hydrogen-bond donors (Lipinski definition) is 0. The summed E-state index contributed by atoms with van der Waals surface area (Å²) < 4.78 is 0. The van der Waals surface area contributed by atoms with E-state index < -0.39 is 0 Å². The average molecular weight is 142 g/mol. The molecule has 0 spiro atoms. The molecule has 0 atom stereocenters. The van der Waals surface area contributed by atoms with Gasteiger partial charge in [-0.3, -0.25) is 0 Å². The van der Waals surface area contributed by atoms with Crippen LogP contribution in [0.4, 0.5) is 0 Å². The lowest BCUT2D eigenvalue weighted by molar-refractivity contribution is 0.610. The summed E-state index contributed by atoms with van der Waals surface area (Å²) in [5, 5.41) is 1.54. The predicted octanol–water partition coefficient (Wildman–Crippen LogP) is 3.05. The summed E-state index contributed by atoms with van der Waals surface area (Å²) in [6.07, 6.45) is 9.77. The van der Waals surface area contributed by atoms with E-state index in [2.05, 4.69) is 8.86 Å². The van der Waals surface area contributed by atoms with Crippen LogP contribution in [0.25, 0.3) is 0 Å². The Kier molecular flexibility index (Phi) is 3.28. The summed E-state index contributed by atoms with van der Waals surface area (Å²) in [5.41, 5.74) is 0. The molecule has 0 amide bonds. The van der Waals surface area contributed by atoms with Gasteiger partial charge in [0.2, 0.25) is 0 Å². The van der Waals surface area contributed by atoms with Crippen LogP contribution in [-0.4, -0.2) is 5.29 Å². The fraction of sp³-hybridized carbons (Fsp3) is 0.875. The van der Waals surface area contributed by atoms with Crippen LogP contribution in [0.1, 0.15) is 44.9 Å².